The first-order valence-electron chi connectivity index (χ1n) is 4.80. The monoisotopic (exact) mass is 162 g/mol. The van der Waals surface area contributed by atoms with Crippen molar-refractivity contribution in [1.82, 2.24) is 0 Å². The Morgan fingerprint density at radius 2 is 1.67 bits per heavy atom. The molecular weight excluding hydrogens is 144 g/mol. The quantitative estimate of drug-likeness (QED) is 0.633. The molecule has 0 saturated heterocycles. The minimum absolute atomic E-state index is 0.728. The third-order valence-corrected chi connectivity index (χ3v) is 2.47. The van der Waals surface area contributed by atoms with E-state index in [1.807, 2.05) is 0 Å². The minimum atomic E-state index is 0.728. The molecule has 0 spiro atoms. The Bertz CT molecular complexity index is 211. The number of hydrogen-bond donors (Lipinski definition) is 0. The van der Waals surface area contributed by atoms with E-state index in [4.69, 9.17) is 0 Å². The molecule has 0 heterocycles. The van der Waals surface area contributed by atoms with Crippen LogP contribution in [0.5, 0.6) is 0 Å². The standard InChI is InChI=1S/C12H18/c1-4-12(10(2)3)11-8-6-5-7-9-11/h5-10,12H,4H2,1-3H3. The van der Waals surface area contributed by atoms with E-state index in [1.54, 1.807) is 0 Å². The normalized spacial score (nSPS) is 13.3. The zero-order valence-electron chi connectivity index (χ0n) is 8.25. The minimum Gasteiger partial charge on any atom is -0.0648 e. The van der Waals surface area contributed by atoms with E-state index in [2.05, 4.69) is 51.1 Å². The molecular formula is C12H18. The highest BCUT2D eigenvalue weighted by Crippen LogP contribution is 2.26. The first-order chi connectivity index (χ1) is 5.75. The van der Waals surface area contributed by atoms with Crippen LogP contribution in [0.2, 0.25) is 0 Å². The molecule has 0 aliphatic heterocycles. The van der Waals surface area contributed by atoms with Crippen molar-refractivity contribution >= 4 is 0 Å². The molecule has 0 nitrogen and oxygen atoms in total. The fraction of sp³-hybridized carbons (Fsp3) is 0.500. The molecule has 1 unspecified atom stereocenters. The van der Waals surface area contributed by atoms with Gasteiger partial charge in [0.1, 0.15) is 0 Å². The van der Waals surface area contributed by atoms with Gasteiger partial charge in [0.25, 0.3) is 0 Å². The van der Waals surface area contributed by atoms with Crippen molar-refractivity contribution < 1.29 is 0 Å². The average Bonchev–Trinajstić information content (AvgIpc) is 2.07. The molecule has 0 aliphatic carbocycles. The first-order valence-corrected chi connectivity index (χ1v) is 4.80. The fourth-order valence-electron chi connectivity index (χ4n) is 1.79. The summed E-state index contributed by atoms with van der Waals surface area (Å²) in [5, 5.41) is 0. The van der Waals surface area contributed by atoms with Crippen molar-refractivity contribution in [3.05, 3.63) is 35.9 Å². The van der Waals surface area contributed by atoms with Gasteiger partial charge in [0.05, 0.1) is 0 Å². The van der Waals surface area contributed by atoms with E-state index in [0.717, 1.165) is 11.8 Å². The molecule has 0 radical (unpaired) electrons. The molecule has 1 rings (SSSR count). The highest BCUT2D eigenvalue weighted by Gasteiger charge is 2.11. The molecule has 66 valence electrons. The topological polar surface area (TPSA) is 0 Å². The molecule has 1 atom stereocenters. The van der Waals surface area contributed by atoms with Crippen LogP contribution in [0.15, 0.2) is 30.3 Å². The largest absolute Gasteiger partial charge is 0.0648 e. The van der Waals surface area contributed by atoms with Crippen LogP contribution in [0, 0.1) is 5.92 Å². The number of benzene rings is 1. The Hall–Kier alpha value is -0.780. The van der Waals surface area contributed by atoms with Crippen LogP contribution in [0.3, 0.4) is 0 Å². The van der Waals surface area contributed by atoms with Gasteiger partial charge in [-0.05, 0) is 23.8 Å². The zero-order chi connectivity index (χ0) is 8.97. The van der Waals surface area contributed by atoms with E-state index in [9.17, 15) is 0 Å². The molecule has 0 saturated carbocycles. The number of rotatable bonds is 3. The third-order valence-electron chi connectivity index (χ3n) is 2.47. The van der Waals surface area contributed by atoms with Gasteiger partial charge >= 0.3 is 0 Å². The van der Waals surface area contributed by atoms with E-state index in [-0.39, 0.29) is 0 Å². The summed E-state index contributed by atoms with van der Waals surface area (Å²) >= 11 is 0. The second-order valence-electron chi connectivity index (χ2n) is 3.67. The van der Waals surface area contributed by atoms with E-state index < -0.39 is 0 Å². The van der Waals surface area contributed by atoms with Crippen molar-refractivity contribution in [2.45, 2.75) is 33.1 Å². The van der Waals surface area contributed by atoms with Gasteiger partial charge in [0, 0.05) is 0 Å². The SMILES string of the molecule is CCC(c1ccccc1)C(C)C. The Morgan fingerprint density at radius 3 is 2.08 bits per heavy atom. The molecule has 1 aromatic carbocycles. The summed E-state index contributed by atoms with van der Waals surface area (Å²) in [6.45, 7) is 6.85. The Balaban J connectivity index is 2.80. The van der Waals surface area contributed by atoms with Crippen molar-refractivity contribution in [1.29, 1.82) is 0 Å². The lowest BCUT2D eigenvalue weighted by atomic mass is 9.86. The summed E-state index contributed by atoms with van der Waals surface area (Å²) in [6, 6.07) is 10.8. The smallest absolute Gasteiger partial charge is 0.0141 e. The van der Waals surface area contributed by atoms with Crippen LogP contribution < -0.4 is 0 Å². The van der Waals surface area contributed by atoms with Crippen molar-refractivity contribution in [2.75, 3.05) is 0 Å². The van der Waals surface area contributed by atoms with Crippen LogP contribution in [0.1, 0.15) is 38.7 Å². The molecule has 0 aliphatic rings. The third kappa shape index (κ3) is 2.10. The first kappa shape index (κ1) is 9.31. The van der Waals surface area contributed by atoms with Crippen LogP contribution in [0.25, 0.3) is 0 Å². The van der Waals surface area contributed by atoms with E-state index in [1.165, 1.54) is 12.0 Å². The summed E-state index contributed by atoms with van der Waals surface area (Å²) in [4.78, 5) is 0. The van der Waals surface area contributed by atoms with Crippen LogP contribution in [-0.2, 0) is 0 Å². The predicted molar refractivity (Wildman–Crippen MR) is 54.3 cm³/mol. The second-order valence-corrected chi connectivity index (χ2v) is 3.67. The lowest BCUT2D eigenvalue weighted by Crippen LogP contribution is -2.04. The van der Waals surface area contributed by atoms with Gasteiger partial charge in [-0.2, -0.15) is 0 Å². The summed E-state index contributed by atoms with van der Waals surface area (Å²) in [6.07, 6.45) is 1.24. The van der Waals surface area contributed by atoms with Crippen molar-refractivity contribution in [2.24, 2.45) is 5.92 Å². The maximum atomic E-state index is 2.29. The maximum Gasteiger partial charge on any atom is -0.0141 e. The molecule has 12 heavy (non-hydrogen) atoms. The Morgan fingerprint density at radius 1 is 1.08 bits per heavy atom. The predicted octanol–water partition coefficient (Wildman–Crippen LogP) is 3.84. The molecule has 1 aromatic rings. The molecule has 0 amide bonds. The van der Waals surface area contributed by atoms with Crippen molar-refractivity contribution in [3.63, 3.8) is 0 Å². The number of hydrogen-bond acceptors (Lipinski definition) is 0. The highest BCUT2D eigenvalue weighted by atomic mass is 14.2. The molecule has 0 bridgehead atoms. The van der Waals surface area contributed by atoms with Gasteiger partial charge in [0.15, 0.2) is 0 Å². The molecule has 0 heteroatoms. The molecule has 0 N–H and O–H groups in total. The average molecular weight is 162 g/mol. The summed E-state index contributed by atoms with van der Waals surface area (Å²) in [7, 11) is 0. The highest BCUT2D eigenvalue weighted by molar-refractivity contribution is 5.19. The van der Waals surface area contributed by atoms with Gasteiger partial charge in [-0.15, -0.1) is 0 Å². The van der Waals surface area contributed by atoms with Gasteiger partial charge in [0.2, 0.25) is 0 Å². The Kier molecular flexibility index (Phi) is 3.33. The van der Waals surface area contributed by atoms with E-state index >= 15 is 0 Å². The summed E-state index contributed by atoms with van der Waals surface area (Å²) in [5.74, 6) is 1.48. The van der Waals surface area contributed by atoms with Gasteiger partial charge in [-0.25, -0.2) is 0 Å². The fourth-order valence-corrected chi connectivity index (χ4v) is 1.79. The lowest BCUT2D eigenvalue weighted by molar-refractivity contribution is 0.485. The maximum absolute atomic E-state index is 2.29. The van der Waals surface area contributed by atoms with Crippen LogP contribution in [0.4, 0.5) is 0 Å². The summed E-state index contributed by atoms with van der Waals surface area (Å²) < 4.78 is 0. The van der Waals surface area contributed by atoms with Crippen LogP contribution in [-0.4, -0.2) is 0 Å². The molecule has 0 aromatic heterocycles. The van der Waals surface area contributed by atoms with Crippen LogP contribution >= 0.6 is 0 Å². The van der Waals surface area contributed by atoms with Gasteiger partial charge in [-0.3, -0.25) is 0 Å². The Labute approximate surface area is 75.6 Å². The summed E-state index contributed by atoms with van der Waals surface area (Å²) in [5.41, 5.74) is 1.48. The van der Waals surface area contributed by atoms with Gasteiger partial charge in [-0.1, -0.05) is 51.1 Å². The van der Waals surface area contributed by atoms with E-state index in [0.29, 0.717) is 0 Å². The zero-order valence-corrected chi connectivity index (χ0v) is 8.25. The molecule has 0 fully saturated rings. The van der Waals surface area contributed by atoms with Crippen molar-refractivity contribution in [3.8, 4) is 0 Å². The lowest BCUT2D eigenvalue weighted by Gasteiger charge is -2.18. The van der Waals surface area contributed by atoms with Gasteiger partial charge < -0.3 is 0 Å². The second kappa shape index (κ2) is 4.30.